The smallest absolute Gasteiger partial charge is 0.227 e. The van der Waals surface area contributed by atoms with Crippen LogP contribution in [0.1, 0.15) is 18.4 Å². The van der Waals surface area contributed by atoms with Crippen LogP contribution >= 0.6 is 0 Å². The number of carbonyl (C=O) groups excluding carboxylic acids is 1. The Balaban J connectivity index is 1.72. The molecule has 0 fully saturated rings. The van der Waals surface area contributed by atoms with Crippen LogP contribution in [0.4, 0.5) is 5.69 Å². The highest BCUT2D eigenvalue weighted by Crippen LogP contribution is 2.39. The minimum Gasteiger partial charge on any atom is -0.467 e. The van der Waals surface area contributed by atoms with E-state index >= 15 is 0 Å². The number of benzene rings is 2. The zero-order chi connectivity index (χ0) is 17.1. The summed E-state index contributed by atoms with van der Waals surface area (Å²) < 4.78 is 6.25. The summed E-state index contributed by atoms with van der Waals surface area (Å²) in [6.07, 6.45) is 8.40. The molecule has 2 unspecified atom stereocenters. The first kappa shape index (κ1) is 15.5. The summed E-state index contributed by atoms with van der Waals surface area (Å²) in [6.45, 7) is 0. The van der Waals surface area contributed by atoms with Crippen LogP contribution in [0, 0.1) is 5.92 Å². The minimum atomic E-state index is -1.19. The Labute approximate surface area is 146 Å². The van der Waals surface area contributed by atoms with Gasteiger partial charge in [0, 0.05) is 30.3 Å². The third-order valence-electron chi connectivity index (χ3n) is 4.51. The highest BCUT2D eigenvalue weighted by molar-refractivity contribution is 6.06. The van der Waals surface area contributed by atoms with Crippen molar-refractivity contribution < 1.29 is 9.53 Å². The third kappa shape index (κ3) is 2.91. The topological polar surface area (TPSA) is 51.0 Å². The van der Waals surface area contributed by atoms with E-state index in [4.69, 9.17) is 4.74 Å². The number of allylic oxidation sites excluding steroid dienone is 1. The Kier molecular flexibility index (Phi) is 4.02. The van der Waals surface area contributed by atoms with E-state index in [1.807, 2.05) is 66.9 Å². The van der Waals surface area contributed by atoms with Crippen LogP contribution in [0.25, 0.3) is 0 Å². The number of Topliss-reactive ketones (excluding diaryl/α,β-unsaturated/α-hetero) is 1. The SMILES string of the molecule is O=C(CC1C=NC=CC1)C1(c2ccccc2)C=Nc2ccccc2O1. The second kappa shape index (κ2) is 6.48. The van der Waals surface area contributed by atoms with Gasteiger partial charge in [-0.3, -0.25) is 14.8 Å². The summed E-state index contributed by atoms with van der Waals surface area (Å²) in [6, 6.07) is 17.1. The maximum atomic E-state index is 13.3. The lowest BCUT2D eigenvalue weighted by Crippen LogP contribution is -2.45. The normalized spacial score (nSPS) is 23.8. The van der Waals surface area contributed by atoms with Gasteiger partial charge in [-0.15, -0.1) is 0 Å². The van der Waals surface area contributed by atoms with Crippen LogP contribution in [-0.4, -0.2) is 18.2 Å². The number of ether oxygens (including phenoxy) is 1. The van der Waals surface area contributed by atoms with E-state index in [0.717, 1.165) is 17.7 Å². The summed E-state index contributed by atoms with van der Waals surface area (Å²) in [4.78, 5) is 22.0. The molecule has 0 bridgehead atoms. The first-order chi connectivity index (χ1) is 12.3. The Morgan fingerprint density at radius 1 is 1.12 bits per heavy atom. The summed E-state index contributed by atoms with van der Waals surface area (Å²) in [5, 5.41) is 0. The number of ketones is 1. The van der Waals surface area contributed by atoms with Gasteiger partial charge in [-0.25, -0.2) is 0 Å². The number of rotatable bonds is 4. The molecule has 0 aliphatic carbocycles. The molecule has 25 heavy (non-hydrogen) atoms. The number of carbonyl (C=O) groups is 1. The highest BCUT2D eigenvalue weighted by Gasteiger charge is 2.43. The number of para-hydroxylation sites is 2. The first-order valence-electron chi connectivity index (χ1n) is 8.38. The zero-order valence-corrected chi connectivity index (χ0v) is 13.7. The molecule has 0 saturated carbocycles. The maximum absolute atomic E-state index is 13.3. The predicted molar refractivity (Wildman–Crippen MR) is 98.7 cm³/mol. The molecule has 0 saturated heterocycles. The molecule has 2 aromatic carbocycles. The van der Waals surface area contributed by atoms with Gasteiger partial charge < -0.3 is 4.74 Å². The Bertz CT molecular complexity index is 870. The van der Waals surface area contributed by atoms with E-state index in [2.05, 4.69) is 9.98 Å². The predicted octanol–water partition coefficient (Wildman–Crippen LogP) is 4.24. The van der Waals surface area contributed by atoms with Crippen molar-refractivity contribution in [2.24, 2.45) is 15.9 Å². The van der Waals surface area contributed by atoms with Crippen molar-refractivity contribution in [2.75, 3.05) is 0 Å². The molecule has 2 aliphatic rings. The number of hydrogen-bond donors (Lipinski definition) is 0. The molecule has 2 atom stereocenters. The minimum absolute atomic E-state index is 0.0105. The van der Waals surface area contributed by atoms with E-state index in [1.54, 1.807) is 12.4 Å². The maximum Gasteiger partial charge on any atom is 0.227 e. The Morgan fingerprint density at radius 3 is 2.72 bits per heavy atom. The van der Waals surface area contributed by atoms with Gasteiger partial charge in [0.2, 0.25) is 5.60 Å². The van der Waals surface area contributed by atoms with Gasteiger partial charge in [-0.2, -0.15) is 0 Å². The number of aliphatic imine (C=N–C) groups is 2. The van der Waals surface area contributed by atoms with Gasteiger partial charge in [0.15, 0.2) is 5.78 Å². The monoisotopic (exact) mass is 330 g/mol. The molecular weight excluding hydrogens is 312 g/mol. The standard InChI is InChI=1S/C21H18N2O2/c24-20(13-16-7-6-12-22-14-16)21(17-8-2-1-3-9-17)15-23-18-10-4-5-11-19(18)25-21/h1-6,8-12,14-16H,7,13H2. The van der Waals surface area contributed by atoms with Crippen molar-refractivity contribution in [2.45, 2.75) is 18.4 Å². The van der Waals surface area contributed by atoms with Gasteiger partial charge in [0.05, 0.1) is 6.21 Å². The molecule has 0 amide bonds. The molecule has 4 nitrogen and oxygen atoms in total. The van der Waals surface area contributed by atoms with Gasteiger partial charge in [-0.05, 0) is 18.6 Å². The summed E-state index contributed by atoms with van der Waals surface area (Å²) in [7, 11) is 0. The van der Waals surface area contributed by atoms with Crippen molar-refractivity contribution in [3.63, 3.8) is 0 Å². The second-order valence-corrected chi connectivity index (χ2v) is 6.24. The molecule has 2 aliphatic heterocycles. The zero-order valence-electron chi connectivity index (χ0n) is 13.7. The first-order valence-corrected chi connectivity index (χ1v) is 8.38. The second-order valence-electron chi connectivity index (χ2n) is 6.24. The average molecular weight is 330 g/mol. The van der Waals surface area contributed by atoms with Crippen LogP contribution in [0.2, 0.25) is 0 Å². The van der Waals surface area contributed by atoms with E-state index in [-0.39, 0.29) is 11.7 Å². The fraction of sp³-hybridized carbons (Fsp3) is 0.190. The van der Waals surface area contributed by atoms with Gasteiger partial charge in [-0.1, -0.05) is 48.5 Å². The van der Waals surface area contributed by atoms with Crippen molar-refractivity contribution >= 4 is 23.9 Å². The molecule has 4 rings (SSSR count). The molecule has 0 N–H and O–H groups in total. The van der Waals surface area contributed by atoms with Crippen LogP contribution in [-0.2, 0) is 10.4 Å². The molecule has 4 heteroatoms. The van der Waals surface area contributed by atoms with Crippen molar-refractivity contribution in [1.29, 1.82) is 0 Å². The molecule has 0 aromatic heterocycles. The van der Waals surface area contributed by atoms with Crippen LogP contribution < -0.4 is 4.74 Å². The highest BCUT2D eigenvalue weighted by atomic mass is 16.5. The van der Waals surface area contributed by atoms with Crippen molar-refractivity contribution in [1.82, 2.24) is 0 Å². The van der Waals surface area contributed by atoms with Gasteiger partial charge in [0.1, 0.15) is 11.4 Å². The Hall–Kier alpha value is -3.01. The van der Waals surface area contributed by atoms with Gasteiger partial charge in [0.25, 0.3) is 0 Å². The van der Waals surface area contributed by atoms with E-state index < -0.39 is 5.60 Å². The van der Waals surface area contributed by atoms with E-state index in [9.17, 15) is 4.79 Å². The third-order valence-corrected chi connectivity index (χ3v) is 4.51. The Morgan fingerprint density at radius 2 is 1.92 bits per heavy atom. The number of nitrogens with zero attached hydrogens (tertiary/aromatic N) is 2. The average Bonchev–Trinajstić information content (AvgIpc) is 2.69. The van der Waals surface area contributed by atoms with E-state index in [1.165, 1.54) is 0 Å². The largest absolute Gasteiger partial charge is 0.467 e. The summed E-state index contributed by atoms with van der Waals surface area (Å²) >= 11 is 0. The van der Waals surface area contributed by atoms with E-state index in [0.29, 0.717) is 12.2 Å². The molecule has 2 heterocycles. The fourth-order valence-corrected chi connectivity index (χ4v) is 3.17. The number of fused-ring (bicyclic) bond motifs is 1. The van der Waals surface area contributed by atoms with Gasteiger partial charge >= 0.3 is 0 Å². The lowest BCUT2D eigenvalue weighted by atomic mass is 9.84. The van der Waals surface area contributed by atoms with Crippen molar-refractivity contribution in [3.05, 3.63) is 72.4 Å². The lowest BCUT2D eigenvalue weighted by molar-refractivity contribution is -0.130. The number of hydrogen-bond acceptors (Lipinski definition) is 4. The van der Waals surface area contributed by atoms with Crippen LogP contribution in [0.5, 0.6) is 5.75 Å². The van der Waals surface area contributed by atoms with Crippen LogP contribution in [0.15, 0.2) is 76.9 Å². The quantitative estimate of drug-likeness (QED) is 0.842. The molecule has 0 spiro atoms. The van der Waals surface area contributed by atoms with Crippen molar-refractivity contribution in [3.8, 4) is 5.75 Å². The summed E-state index contributed by atoms with van der Waals surface area (Å²) in [5.41, 5.74) is 0.343. The fourth-order valence-electron chi connectivity index (χ4n) is 3.17. The lowest BCUT2D eigenvalue weighted by Gasteiger charge is -2.34. The van der Waals surface area contributed by atoms with Crippen LogP contribution in [0.3, 0.4) is 0 Å². The molecule has 124 valence electrons. The molecular formula is C21H18N2O2. The molecule has 2 aromatic rings. The summed E-state index contributed by atoms with van der Waals surface area (Å²) in [5.74, 6) is 0.704. The molecule has 0 radical (unpaired) electrons.